The number of hydrogen-bond acceptors (Lipinski definition) is 5. The number of nitrogens with one attached hydrogen (secondary N) is 1. The number of nitrogens with zero attached hydrogens (tertiary/aromatic N) is 1. The molecule has 2 aliphatic rings. The average Bonchev–Trinajstić information content (AvgIpc) is 2.71. The van der Waals surface area contributed by atoms with Crippen molar-refractivity contribution in [1.29, 1.82) is 0 Å². The molecule has 0 saturated carbocycles. The van der Waals surface area contributed by atoms with E-state index >= 15 is 0 Å². The lowest BCUT2D eigenvalue weighted by Crippen LogP contribution is -2.38. The molecule has 168 valence electrons. The van der Waals surface area contributed by atoms with Crippen molar-refractivity contribution in [3.05, 3.63) is 52.4 Å². The number of benzene rings is 1. The second-order valence-electron chi connectivity index (χ2n) is 9.33. The minimum atomic E-state index is -0.394. The average molecular weight is 425 g/mol. The van der Waals surface area contributed by atoms with Gasteiger partial charge in [0.25, 0.3) is 0 Å². The van der Waals surface area contributed by atoms with E-state index in [-0.39, 0.29) is 17.2 Å². The first-order valence-electron chi connectivity index (χ1n) is 11.5. The Morgan fingerprint density at radius 2 is 1.77 bits per heavy atom. The molecule has 3 rings (SSSR count). The third kappa shape index (κ3) is 4.70. The van der Waals surface area contributed by atoms with Crippen LogP contribution in [0.2, 0.25) is 0 Å². The fourth-order valence-electron chi connectivity index (χ4n) is 4.78. The van der Waals surface area contributed by atoms with E-state index in [1.54, 1.807) is 0 Å². The number of esters is 1. The highest BCUT2D eigenvalue weighted by Gasteiger charge is 2.43. The van der Waals surface area contributed by atoms with Crippen LogP contribution in [0.3, 0.4) is 0 Å². The van der Waals surface area contributed by atoms with Gasteiger partial charge in [0.2, 0.25) is 0 Å². The Hall–Kier alpha value is -2.56. The van der Waals surface area contributed by atoms with Crippen LogP contribution >= 0.6 is 0 Å². The zero-order valence-electron chi connectivity index (χ0n) is 19.8. The third-order valence-electron chi connectivity index (χ3n) is 6.25. The second kappa shape index (κ2) is 9.29. The summed E-state index contributed by atoms with van der Waals surface area (Å²) in [5.74, 6) is -0.617. The smallest absolute Gasteiger partial charge is 0.336 e. The van der Waals surface area contributed by atoms with Gasteiger partial charge >= 0.3 is 5.97 Å². The van der Waals surface area contributed by atoms with Gasteiger partial charge in [0.1, 0.15) is 0 Å². The van der Waals surface area contributed by atoms with Crippen LogP contribution in [0.25, 0.3) is 0 Å². The van der Waals surface area contributed by atoms with Gasteiger partial charge in [0.15, 0.2) is 5.78 Å². The van der Waals surface area contributed by atoms with Crippen molar-refractivity contribution < 1.29 is 14.3 Å². The van der Waals surface area contributed by atoms with Gasteiger partial charge in [-0.05, 0) is 56.7 Å². The number of dihydropyridines is 1. The molecule has 5 nitrogen and oxygen atoms in total. The molecule has 0 radical (unpaired) electrons. The summed E-state index contributed by atoms with van der Waals surface area (Å²) in [7, 11) is 0. The van der Waals surface area contributed by atoms with Crippen molar-refractivity contribution >= 4 is 17.4 Å². The maximum Gasteiger partial charge on any atom is 0.336 e. The number of carbonyl (C=O) groups excluding carboxylic acids is 2. The summed E-state index contributed by atoms with van der Waals surface area (Å²) in [6.07, 6.45) is 2.03. The summed E-state index contributed by atoms with van der Waals surface area (Å²) in [5.41, 5.74) is 5.01. The zero-order chi connectivity index (χ0) is 22.8. The van der Waals surface area contributed by atoms with Crippen LogP contribution in [0.1, 0.15) is 72.3 Å². The van der Waals surface area contributed by atoms with Crippen molar-refractivity contribution in [1.82, 2.24) is 5.32 Å². The molecule has 5 heteroatoms. The molecule has 1 aromatic rings. The Kier molecular flexibility index (Phi) is 6.93. The summed E-state index contributed by atoms with van der Waals surface area (Å²) in [6, 6.07) is 8.29. The number of hydrogen-bond donors (Lipinski definition) is 1. The summed E-state index contributed by atoms with van der Waals surface area (Å²) < 4.78 is 5.53. The molecular weight excluding hydrogens is 388 g/mol. The van der Waals surface area contributed by atoms with Crippen molar-refractivity contribution in [2.45, 2.75) is 66.7 Å². The van der Waals surface area contributed by atoms with Crippen molar-refractivity contribution in [2.75, 3.05) is 24.6 Å². The first-order valence-corrected chi connectivity index (χ1v) is 11.5. The highest BCUT2D eigenvalue weighted by Crippen LogP contribution is 2.47. The topological polar surface area (TPSA) is 58.6 Å². The van der Waals surface area contributed by atoms with Gasteiger partial charge in [0.05, 0.1) is 12.2 Å². The quantitative estimate of drug-likeness (QED) is 0.618. The number of carbonyl (C=O) groups is 2. The number of allylic oxidation sites excluding steroid dienone is 3. The standard InChI is InChI=1S/C26H36N2O3/c1-7-14-31-25(30)22-17(4)27-20-15-26(5,6)16-21(29)24(20)23(22)18-10-12-19(13-11-18)28(8-2)9-3/h10-13,23,27H,7-9,14-16H2,1-6H3/t23-/m1/s1. The molecule has 0 amide bonds. The van der Waals surface area contributed by atoms with Gasteiger partial charge in [0, 0.05) is 48.1 Å². The van der Waals surface area contributed by atoms with Gasteiger partial charge in [-0.2, -0.15) is 0 Å². The minimum absolute atomic E-state index is 0.0966. The second-order valence-corrected chi connectivity index (χ2v) is 9.33. The number of rotatable bonds is 7. The minimum Gasteiger partial charge on any atom is -0.462 e. The predicted molar refractivity (Wildman–Crippen MR) is 125 cm³/mol. The number of ketones is 1. The van der Waals surface area contributed by atoms with Crippen LogP contribution in [0.15, 0.2) is 46.8 Å². The van der Waals surface area contributed by atoms with Gasteiger partial charge in [-0.25, -0.2) is 4.79 Å². The molecule has 0 fully saturated rings. The molecular formula is C26H36N2O3. The number of ether oxygens (including phenoxy) is 1. The van der Waals surface area contributed by atoms with E-state index in [0.717, 1.165) is 54.1 Å². The van der Waals surface area contributed by atoms with Crippen LogP contribution in [0.4, 0.5) is 5.69 Å². The van der Waals surface area contributed by atoms with Crippen molar-refractivity contribution in [3.63, 3.8) is 0 Å². The summed E-state index contributed by atoms with van der Waals surface area (Å²) >= 11 is 0. The SMILES string of the molecule is CCCOC(=O)C1=C(C)NC2=C(C(=O)CC(C)(C)C2)[C@@H]1c1ccc(N(CC)CC)cc1. The maximum absolute atomic E-state index is 13.3. The van der Waals surface area contributed by atoms with Crippen molar-refractivity contribution in [3.8, 4) is 0 Å². The largest absolute Gasteiger partial charge is 0.462 e. The summed E-state index contributed by atoms with van der Waals surface area (Å²) in [4.78, 5) is 28.6. The molecule has 31 heavy (non-hydrogen) atoms. The molecule has 1 aromatic carbocycles. The summed E-state index contributed by atoms with van der Waals surface area (Å²) in [6.45, 7) is 14.6. The molecule has 0 bridgehead atoms. The molecule has 1 atom stereocenters. The lowest BCUT2D eigenvalue weighted by atomic mass is 9.68. The monoisotopic (exact) mass is 424 g/mol. The molecule has 1 aliphatic heterocycles. The van der Waals surface area contributed by atoms with E-state index in [1.165, 1.54) is 0 Å². The first-order chi connectivity index (χ1) is 14.7. The molecule has 0 unspecified atom stereocenters. The van der Waals surface area contributed by atoms with Crippen LogP contribution in [-0.2, 0) is 14.3 Å². The van der Waals surface area contributed by atoms with Crippen LogP contribution in [-0.4, -0.2) is 31.4 Å². The number of anilines is 1. The van der Waals surface area contributed by atoms with Gasteiger partial charge in [-0.15, -0.1) is 0 Å². The molecule has 1 heterocycles. The van der Waals surface area contributed by atoms with Gasteiger partial charge in [-0.1, -0.05) is 32.9 Å². The van der Waals surface area contributed by atoms with E-state index < -0.39 is 5.92 Å². The normalized spacial score (nSPS) is 20.3. The van der Waals surface area contributed by atoms with E-state index in [0.29, 0.717) is 18.6 Å². The van der Waals surface area contributed by atoms with E-state index in [9.17, 15) is 9.59 Å². The lowest BCUT2D eigenvalue weighted by Gasteiger charge is -2.39. The highest BCUT2D eigenvalue weighted by atomic mass is 16.5. The van der Waals surface area contributed by atoms with Crippen LogP contribution in [0, 0.1) is 5.41 Å². The Bertz CT molecular complexity index is 905. The predicted octanol–water partition coefficient (Wildman–Crippen LogP) is 5.09. The summed E-state index contributed by atoms with van der Waals surface area (Å²) in [5, 5.41) is 3.39. The maximum atomic E-state index is 13.3. The van der Waals surface area contributed by atoms with Crippen LogP contribution < -0.4 is 10.2 Å². The first kappa shape index (κ1) is 23.1. The fraction of sp³-hybridized carbons (Fsp3) is 0.538. The van der Waals surface area contributed by atoms with Gasteiger partial charge in [-0.3, -0.25) is 4.79 Å². The molecule has 0 saturated heterocycles. The van der Waals surface area contributed by atoms with Crippen molar-refractivity contribution in [2.24, 2.45) is 5.41 Å². The van der Waals surface area contributed by atoms with E-state index in [4.69, 9.17) is 4.74 Å². The Morgan fingerprint density at radius 3 is 2.35 bits per heavy atom. The van der Waals surface area contributed by atoms with E-state index in [2.05, 4.69) is 62.2 Å². The fourth-order valence-corrected chi connectivity index (χ4v) is 4.78. The molecule has 1 aliphatic carbocycles. The number of Topliss-reactive ketones (excluding diaryl/α,β-unsaturated/α-hetero) is 1. The van der Waals surface area contributed by atoms with E-state index in [1.807, 2.05) is 13.8 Å². The van der Waals surface area contributed by atoms with Crippen LogP contribution in [0.5, 0.6) is 0 Å². The molecule has 1 N–H and O–H groups in total. The lowest BCUT2D eigenvalue weighted by molar-refractivity contribution is -0.139. The molecule has 0 spiro atoms. The zero-order valence-corrected chi connectivity index (χ0v) is 19.8. The Morgan fingerprint density at radius 1 is 1.13 bits per heavy atom. The van der Waals surface area contributed by atoms with Gasteiger partial charge < -0.3 is 15.0 Å². The highest BCUT2D eigenvalue weighted by molar-refractivity contribution is 6.04. The molecule has 0 aromatic heterocycles. The third-order valence-corrected chi connectivity index (χ3v) is 6.25. The Labute approximate surface area is 186 Å². The Balaban J connectivity index is 2.09.